The number of aliphatic hydroxyl groups is 1. The molecule has 0 saturated carbocycles. The minimum Gasteiger partial charge on any atom is -0.396 e. The molecule has 2 aromatic rings. The van der Waals surface area contributed by atoms with E-state index in [1.165, 1.54) is 12.1 Å². The molecule has 0 saturated heterocycles. The van der Waals surface area contributed by atoms with Crippen molar-refractivity contribution in [2.45, 2.75) is 19.0 Å². The molecule has 102 valence electrons. The molecular weight excluding hydrogens is 261 g/mol. The number of alkyl halides is 3. The van der Waals surface area contributed by atoms with Crippen molar-refractivity contribution in [3.8, 4) is 0 Å². The molecule has 1 aromatic carbocycles. The van der Waals surface area contributed by atoms with Crippen LogP contribution in [0.4, 0.5) is 13.2 Å². The Labute approximate surface area is 106 Å². The second kappa shape index (κ2) is 5.40. The van der Waals surface area contributed by atoms with Gasteiger partial charge in [-0.15, -0.1) is 0 Å². The summed E-state index contributed by atoms with van der Waals surface area (Å²) in [5.41, 5.74) is -0.0327. The van der Waals surface area contributed by atoms with Crippen LogP contribution in [0.2, 0.25) is 0 Å². The number of benzene rings is 1. The SMILES string of the molecule is OCCc1nc(Cc2ccc(C(F)(F)F)cc2)no1. The summed E-state index contributed by atoms with van der Waals surface area (Å²) in [6, 6.07) is 4.80. The number of aliphatic hydroxyl groups excluding tert-OH is 1. The molecule has 0 amide bonds. The molecule has 0 aliphatic heterocycles. The molecule has 0 aliphatic rings. The van der Waals surface area contributed by atoms with Gasteiger partial charge in [0.05, 0.1) is 18.6 Å². The van der Waals surface area contributed by atoms with Crippen LogP contribution < -0.4 is 0 Å². The number of hydrogen-bond donors (Lipinski definition) is 1. The zero-order chi connectivity index (χ0) is 13.9. The van der Waals surface area contributed by atoms with E-state index in [2.05, 4.69) is 10.1 Å². The lowest BCUT2D eigenvalue weighted by molar-refractivity contribution is -0.137. The van der Waals surface area contributed by atoms with Crippen molar-refractivity contribution in [1.29, 1.82) is 0 Å². The Morgan fingerprint density at radius 1 is 1.16 bits per heavy atom. The Kier molecular flexibility index (Phi) is 3.84. The van der Waals surface area contributed by atoms with E-state index >= 15 is 0 Å². The molecule has 1 heterocycles. The van der Waals surface area contributed by atoms with Gasteiger partial charge >= 0.3 is 6.18 Å². The monoisotopic (exact) mass is 272 g/mol. The summed E-state index contributed by atoms with van der Waals surface area (Å²) in [5.74, 6) is 0.688. The van der Waals surface area contributed by atoms with Crippen LogP contribution in [-0.4, -0.2) is 21.9 Å². The average molecular weight is 272 g/mol. The maximum absolute atomic E-state index is 12.4. The van der Waals surface area contributed by atoms with Crippen LogP contribution in [0, 0.1) is 0 Å². The van der Waals surface area contributed by atoms with E-state index in [0.29, 0.717) is 17.3 Å². The highest BCUT2D eigenvalue weighted by atomic mass is 19.4. The summed E-state index contributed by atoms with van der Waals surface area (Å²) < 4.78 is 42.0. The molecule has 4 nitrogen and oxygen atoms in total. The Bertz CT molecular complexity index is 535. The molecule has 0 spiro atoms. The van der Waals surface area contributed by atoms with Crippen molar-refractivity contribution >= 4 is 0 Å². The van der Waals surface area contributed by atoms with Crippen LogP contribution in [0.1, 0.15) is 22.8 Å². The number of halogens is 3. The van der Waals surface area contributed by atoms with Gasteiger partial charge in [0.1, 0.15) is 0 Å². The highest BCUT2D eigenvalue weighted by molar-refractivity contribution is 5.26. The minimum atomic E-state index is -4.33. The molecule has 0 radical (unpaired) electrons. The van der Waals surface area contributed by atoms with Crippen LogP contribution >= 0.6 is 0 Å². The molecule has 19 heavy (non-hydrogen) atoms. The van der Waals surface area contributed by atoms with Gasteiger partial charge in [-0.2, -0.15) is 18.2 Å². The van der Waals surface area contributed by atoms with Gasteiger partial charge in [0, 0.05) is 6.42 Å². The topological polar surface area (TPSA) is 59.2 Å². The van der Waals surface area contributed by atoms with Crippen molar-refractivity contribution in [2.75, 3.05) is 6.61 Å². The van der Waals surface area contributed by atoms with E-state index in [1.807, 2.05) is 0 Å². The average Bonchev–Trinajstić information content (AvgIpc) is 2.77. The summed E-state index contributed by atoms with van der Waals surface area (Å²) in [6.07, 6.45) is -3.79. The summed E-state index contributed by atoms with van der Waals surface area (Å²) >= 11 is 0. The summed E-state index contributed by atoms with van der Waals surface area (Å²) in [5, 5.41) is 12.4. The molecule has 0 fully saturated rings. The Balaban J connectivity index is 2.06. The van der Waals surface area contributed by atoms with Gasteiger partial charge in [0.15, 0.2) is 5.82 Å². The number of rotatable bonds is 4. The van der Waals surface area contributed by atoms with Crippen molar-refractivity contribution in [2.24, 2.45) is 0 Å². The van der Waals surface area contributed by atoms with E-state index in [4.69, 9.17) is 9.63 Å². The molecule has 0 atom stereocenters. The van der Waals surface area contributed by atoms with Gasteiger partial charge in [-0.1, -0.05) is 17.3 Å². The molecule has 7 heteroatoms. The summed E-state index contributed by atoms with van der Waals surface area (Å²) in [7, 11) is 0. The third kappa shape index (κ3) is 3.54. The van der Waals surface area contributed by atoms with Crippen molar-refractivity contribution < 1.29 is 22.8 Å². The minimum absolute atomic E-state index is 0.0953. The lowest BCUT2D eigenvalue weighted by Gasteiger charge is -2.06. The van der Waals surface area contributed by atoms with E-state index in [1.54, 1.807) is 0 Å². The molecule has 0 aliphatic carbocycles. The second-order valence-corrected chi connectivity index (χ2v) is 3.95. The van der Waals surface area contributed by atoms with Crippen LogP contribution in [0.5, 0.6) is 0 Å². The molecular formula is C12H11F3N2O2. The van der Waals surface area contributed by atoms with Gasteiger partial charge < -0.3 is 9.63 Å². The van der Waals surface area contributed by atoms with Crippen molar-refractivity contribution in [3.05, 3.63) is 47.1 Å². The van der Waals surface area contributed by atoms with Crippen molar-refractivity contribution in [1.82, 2.24) is 10.1 Å². The van der Waals surface area contributed by atoms with Crippen LogP contribution in [0.3, 0.4) is 0 Å². The highest BCUT2D eigenvalue weighted by Crippen LogP contribution is 2.29. The molecule has 1 aromatic heterocycles. The quantitative estimate of drug-likeness (QED) is 0.927. The lowest BCUT2D eigenvalue weighted by Crippen LogP contribution is -2.04. The van der Waals surface area contributed by atoms with Crippen LogP contribution in [0.15, 0.2) is 28.8 Å². The van der Waals surface area contributed by atoms with Gasteiger partial charge in [-0.25, -0.2) is 0 Å². The Morgan fingerprint density at radius 3 is 2.42 bits per heavy atom. The smallest absolute Gasteiger partial charge is 0.396 e. The third-order valence-electron chi connectivity index (χ3n) is 2.48. The first-order chi connectivity index (χ1) is 8.99. The van der Waals surface area contributed by atoms with E-state index in [0.717, 1.165) is 12.1 Å². The van der Waals surface area contributed by atoms with E-state index in [-0.39, 0.29) is 19.4 Å². The zero-order valence-electron chi connectivity index (χ0n) is 9.81. The largest absolute Gasteiger partial charge is 0.416 e. The molecule has 1 N–H and O–H groups in total. The maximum Gasteiger partial charge on any atom is 0.416 e. The maximum atomic E-state index is 12.4. The molecule has 2 rings (SSSR count). The third-order valence-corrected chi connectivity index (χ3v) is 2.48. The predicted molar refractivity (Wildman–Crippen MR) is 59.3 cm³/mol. The highest BCUT2D eigenvalue weighted by Gasteiger charge is 2.29. The van der Waals surface area contributed by atoms with E-state index in [9.17, 15) is 13.2 Å². The number of aromatic nitrogens is 2. The zero-order valence-corrected chi connectivity index (χ0v) is 9.81. The standard InChI is InChI=1S/C12H11F3N2O2/c13-12(14,15)9-3-1-8(2-4-9)7-10-16-11(5-6-18)19-17-10/h1-4,18H,5-7H2. The van der Waals surface area contributed by atoms with Crippen molar-refractivity contribution in [3.63, 3.8) is 0 Å². The number of nitrogens with zero attached hydrogens (tertiary/aromatic N) is 2. The molecule has 0 unspecified atom stereocenters. The Morgan fingerprint density at radius 2 is 1.84 bits per heavy atom. The predicted octanol–water partition coefficient (Wildman–Crippen LogP) is 2.21. The summed E-state index contributed by atoms with van der Waals surface area (Å²) in [6.45, 7) is -0.0953. The van der Waals surface area contributed by atoms with Gasteiger partial charge in [-0.05, 0) is 17.7 Å². The number of hydrogen-bond acceptors (Lipinski definition) is 4. The molecule has 0 bridgehead atoms. The van der Waals surface area contributed by atoms with E-state index < -0.39 is 11.7 Å². The van der Waals surface area contributed by atoms with Gasteiger partial charge in [0.2, 0.25) is 5.89 Å². The van der Waals surface area contributed by atoms with Crippen LogP contribution in [0.25, 0.3) is 0 Å². The first-order valence-electron chi connectivity index (χ1n) is 5.57. The fourth-order valence-electron chi connectivity index (χ4n) is 1.55. The first-order valence-corrected chi connectivity index (χ1v) is 5.57. The van der Waals surface area contributed by atoms with Gasteiger partial charge in [0.25, 0.3) is 0 Å². The lowest BCUT2D eigenvalue weighted by atomic mass is 10.1. The Hall–Kier alpha value is -1.89. The second-order valence-electron chi connectivity index (χ2n) is 3.95. The summed E-state index contributed by atoms with van der Waals surface area (Å²) in [4.78, 5) is 4.01. The van der Waals surface area contributed by atoms with Gasteiger partial charge in [-0.3, -0.25) is 0 Å². The fraction of sp³-hybridized carbons (Fsp3) is 0.333. The van der Waals surface area contributed by atoms with Crippen LogP contribution in [-0.2, 0) is 19.0 Å². The normalized spacial score (nSPS) is 11.8. The first kappa shape index (κ1) is 13.5. The fourth-order valence-corrected chi connectivity index (χ4v) is 1.55.